The monoisotopic (exact) mass is 480 g/mol. The summed E-state index contributed by atoms with van der Waals surface area (Å²) in [5, 5.41) is 0. The van der Waals surface area contributed by atoms with Gasteiger partial charge in [0.25, 0.3) is 0 Å². The van der Waals surface area contributed by atoms with Gasteiger partial charge >= 0.3 is 5.97 Å². The van der Waals surface area contributed by atoms with E-state index >= 15 is 0 Å². The molecule has 4 rings (SSSR count). The van der Waals surface area contributed by atoms with Crippen molar-refractivity contribution in [2.75, 3.05) is 55.0 Å². The van der Waals surface area contributed by atoms with Crippen molar-refractivity contribution in [3.63, 3.8) is 0 Å². The summed E-state index contributed by atoms with van der Waals surface area (Å²) >= 11 is 0. The van der Waals surface area contributed by atoms with Crippen molar-refractivity contribution >= 4 is 29.1 Å². The second-order valence-electron chi connectivity index (χ2n) is 9.18. The number of pyridine rings is 1. The van der Waals surface area contributed by atoms with Crippen LogP contribution in [0.5, 0.6) is 0 Å². The third-order valence-corrected chi connectivity index (χ3v) is 6.31. The van der Waals surface area contributed by atoms with Gasteiger partial charge in [-0.2, -0.15) is 4.98 Å². The lowest BCUT2D eigenvalue weighted by Gasteiger charge is -2.41. The van der Waals surface area contributed by atoms with E-state index in [9.17, 15) is 9.18 Å². The third kappa shape index (κ3) is 5.44. The number of hydrogen-bond donors (Lipinski definition) is 0. The van der Waals surface area contributed by atoms with Crippen molar-refractivity contribution in [3.8, 4) is 0 Å². The van der Waals surface area contributed by atoms with Gasteiger partial charge in [-0.3, -0.25) is 0 Å². The average molecular weight is 481 g/mol. The maximum atomic E-state index is 13.5. The summed E-state index contributed by atoms with van der Waals surface area (Å²) in [7, 11) is 3.85. The number of ether oxygens (including phenoxy) is 1. The van der Waals surface area contributed by atoms with E-state index in [1.54, 1.807) is 13.1 Å². The highest BCUT2D eigenvalue weighted by Gasteiger charge is 2.28. The molecule has 35 heavy (non-hydrogen) atoms. The summed E-state index contributed by atoms with van der Waals surface area (Å²) in [6, 6.07) is 4.02. The molecule has 1 aliphatic heterocycles. The first-order chi connectivity index (χ1) is 16.8. The molecule has 9 heteroatoms. The van der Waals surface area contributed by atoms with E-state index in [1.807, 2.05) is 44.1 Å². The second-order valence-corrected chi connectivity index (χ2v) is 9.18. The molecule has 3 heterocycles. The lowest BCUT2D eigenvalue weighted by atomic mass is 10.0. The van der Waals surface area contributed by atoms with E-state index in [4.69, 9.17) is 14.7 Å². The molecule has 1 fully saturated rings. The number of halogens is 1. The maximum Gasteiger partial charge on any atom is 0.339 e. The smallest absolute Gasteiger partial charge is 0.339 e. The predicted octanol–water partition coefficient (Wildman–Crippen LogP) is 4.17. The number of carbonyl (C=O) groups is 1. The Morgan fingerprint density at radius 2 is 2.00 bits per heavy atom. The molecule has 0 amide bonds. The number of carbonyl (C=O) groups excluding carboxylic acids is 1. The van der Waals surface area contributed by atoms with Gasteiger partial charge in [0.2, 0.25) is 5.95 Å². The van der Waals surface area contributed by atoms with Crippen LogP contribution in [0.15, 0.2) is 36.3 Å². The minimum Gasteiger partial charge on any atom is -0.462 e. The molecule has 186 valence electrons. The highest BCUT2D eigenvalue weighted by atomic mass is 19.1. The van der Waals surface area contributed by atoms with Crippen LogP contribution in [0.2, 0.25) is 0 Å². The van der Waals surface area contributed by atoms with Crippen LogP contribution in [-0.2, 0) is 4.74 Å². The zero-order valence-corrected chi connectivity index (χ0v) is 21.1. The van der Waals surface area contributed by atoms with Gasteiger partial charge in [0, 0.05) is 58.5 Å². The molecule has 0 N–H and O–H groups in total. The summed E-state index contributed by atoms with van der Waals surface area (Å²) in [6.07, 6.45) is 5.97. The molecular weight excluding hydrogens is 447 g/mol. The molecule has 1 saturated heterocycles. The first kappa shape index (κ1) is 24.6. The largest absolute Gasteiger partial charge is 0.462 e. The van der Waals surface area contributed by atoms with E-state index in [1.165, 1.54) is 6.08 Å². The van der Waals surface area contributed by atoms with Crippen molar-refractivity contribution in [1.29, 1.82) is 0 Å². The fourth-order valence-corrected chi connectivity index (χ4v) is 4.47. The molecular formula is C26H33FN6O2. The van der Waals surface area contributed by atoms with Crippen molar-refractivity contribution in [3.05, 3.63) is 53.1 Å². The Bertz CT molecular complexity index is 1160. The quantitative estimate of drug-likeness (QED) is 0.571. The number of hydrogen-bond acceptors (Lipinski definition) is 8. The molecule has 0 aromatic carbocycles. The van der Waals surface area contributed by atoms with Crippen LogP contribution < -0.4 is 14.7 Å². The molecule has 2 aromatic rings. The van der Waals surface area contributed by atoms with Gasteiger partial charge in [-0.25, -0.2) is 19.2 Å². The van der Waals surface area contributed by atoms with E-state index in [0.717, 1.165) is 48.1 Å². The Balaban J connectivity index is 1.55. The number of piperazine rings is 1. The molecule has 0 spiro atoms. The Hall–Kier alpha value is -3.49. The third-order valence-electron chi connectivity index (χ3n) is 6.31. The lowest BCUT2D eigenvalue weighted by molar-refractivity contribution is 0.0525. The molecule has 0 unspecified atom stereocenters. The van der Waals surface area contributed by atoms with Crippen LogP contribution >= 0.6 is 0 Å². The molecule has 0 radical (unpaired) electrons. The normalized spacial score (nSPS) is 18.2. The highest BCUT2D eigenvalue weighted by molar-refractivity contribution is 5.89. The zero-order chi connectivity index (χ0) is 25.1. The second kappa shape index (κ2) is 10.4. The van der Waals surface area contributed by atoms with Gasteiger partial charge in [-0.05, 0) is 50.5 Å². The molecule has 1 atom stereocenters. The molecule has 2 aliphatic rings. The molecule has 1 aliphatic carbocycles. The fraction of sp³-hybridized carbons (Fsp3) is 0.462. The number of nitrogens with zero attached hydrogens (tertiary/aromatic N) is 6. The Morgan fingerprint density at radius 3 is 2.63 bits per heavy atom. The first-order valence-corrected chi connectivity index (χ1v) is 12.0. The Kier molecular flexibility index (Phi) is 7.33. The Labute approximate surface area is 206 Å². The molecule has 0 saturated carbocycles. The summed E-state index contributed by atoms with van der Waals surface area (Å²) < 4.78 is 18.6. The SMILES string of the molecule is CCOC(=O)c1cnc(N2CCN(c3cc(C4=CC=C(F)CC4)nc(N(C)C)n3)[C@H](C)C2)c(C)c1. The van der Waals surface area contributed by atoms with Crippen LogP contribution in [-0.4, -0.2) is 67.3 Å². The fourth-order valence-electron chi connectivity index (χ4n) is 4.47. The topological polar surface area (TPSA) is 74.7 Å². The van der Waals surface area contributed by atoms with Crippen LogP contribution in [0.1, 0.15) is 48.3 Å². The number of rotatable bonds is 6. The van der Waals surface area contributed by atoms with Gasteiger partial charge in [-0.1, -0.05) is 6.08 Å². The summed E-state index contributed by atoms with van der Waals surface area (Å²) in [6.45, 7) is 8.56. The summed E-state index contributed by atoms with van der Waals surface area (Å²) in [4.78, 5) is 32.6. The first-order valence-electron chi connectivity index (χ1n) is 12.0. The summed E-state index contributed by atoms with van der Waals surface area (Å²) in [5.74, 6) is 1.93. The maximum absolute atomic E-state index is 13.5. The number of allylic oxidation sites excluding steroid dienone is 4. The number of aryl methyl sites for hydroxylation is 1. The molecule has 8 nitrogen and oxygen atoms in total. The van der Waals surface area contributed by atoms with Crippen molar-refractivity contribution in [1.82, 2.24) is 15.0 Å². The van der Waals surface area contributed by atoms with Crippen LogP contribution in [0.4, 0.5) is 22.0 Å². The van der Waals surface area contributed by atoms with E-state index in [-0.39, 0.29) is 17.8 Å². The highest BCUT2D eigenvalue weighted by Crippen LogP contribution is 2.31. The molecule has 0 bridgehead atoms. The minimum absolute atomic E-state index is 0.0974. The van der Waals surface area contributed by atoms with Crippen molar-refractivity contribution in [2.24, 2.45) is 0 Å². The lowest BCUT2D eigenvalue weighted by Crippen LogP contribution is -2.53. The van der Waals surface area contributed by atoms with Gasteiger partial charge in [0.05, 0.1) is 17.9 Å². The number of esters is 1. The average Bonchev–Trinajstić information content (AvgIpc) is 2.84. The Morgan fingerprint density at radius 1 is 1.20 bits per heavy atom. The van der Waals surface area contributed by atoms with E-state index in [0.29, 0.717) is 31.0 Å². The summed E-state index contributed by atoms with van der Waals surface area (Å²) in [5.41, 5.74) is 3.27. The van der Waals surface area contributed by atoms with E-state index in [2.05, 4.69) is 21.7 Å². The zero-order valence-electron chi connectivity index (χ0n) is 21.1. The standard InChI is InChI=1S/C26H33FN6O2/c1-6-35-25(34)20-13-17(2)24(28-15-20)32-11-12-33(18(3)16-32)23-14-22(29-26(30-23)31(4)5)19-7-9-21(27)10-8-19/h7,9,13-15,18H,6,8,10-12,16H2,1-5H3/t18-/m1/s1. The van der Waals surface area contributed by atoms with Crippen LogP contribution in [0.3, 0.4) is 0 Å². The van der Waals surface area contributed by atoms with Gasteiger partial charge in [0.1, 0.15) is 17.5 Å². The van der Waals surface area contributed by atoms with Crippen molar-refractivity contribution in [2.45, 2.75) is 39.7 Å². The van der Waals surface area contributed by atoms with Crippen molar-refractivity contribution < 1.29 is 13.9 Å². The van der Waals surface area contributed by atoms with Gasteiger partial charge in [0.15, 0.2) is 0 Å². The number of anilines is 3. The van der Waals surface area contributed by atoms with Crippen LogP contribution in [0.25, 0.3) is 5.57 Å². The van der Waals surface area contributed by atoms with E-state index < -0.39 is 0 Å². The molecule has 2 aromatic heterocycles. The van der Waals surface area contributed by atoms with Crippen LogP contribution in [0, 0.1) is 6.92 Å². The van der Waals surface area contributed by atoms with Gasteiger partial charge in [-0.15, -0.1) is 0 Å². The predicted molar refractivity (Wildman–Crippen MR) is 137 cm³/mol. The number of aromatic nitrogens is 3. The van der Waals surface area contributed by atoms with Gasteiger partial charge < -0.3 is 19.4 Å². The minimum atomic E-state index is -0.351.